The highest BCUT2D eigenvalue weighted by Crippen LogP contribution is 2.30. The monoisotopic (exact) mass is 398 g/mol. The van der Waals surface area contributed by atoms with Gasteiger partial charge in [-0.15, -0.1) is 0 Å². The van der Waals surface area contributed by atoms with Crippen LogP contribution in [-0.2, 0) is 6.61 Å². The summed E-state index contributed by atoms with van der Waals surface area (Å²) in [5.74, 6) is 0.577. The Bertz CT molecular complexity index is 703. The maximum Gasteiger partial charge on any atom is 0.489 e. The number of benzene rings is 2. The van der Waals surface area contributed by atoms with E-state index in [1.54, 1.807) is 12.1 Å². The van der Waals surface area contributed by atoms with Gasteiger partial charge in [0.2, 0.25) is 0 Å². The minimum atomic E-state index is -1.78. The van der Waals surface area contributed by atoms with Crippen molar-refractivity contribution in [1.29, 1.82) is 0 Å². The van der Waals surface area contributed by atoms with Gasteiger partial charge >= 0.3 is 7.12 Å². The van der Waals surface area contributed by atoms with E-state index in [2.05, 4.69) is 15.9 Å². The van der Waals surface area contributed by atoms with E-state index in [1.165, 1.54) is 19.2 Å². The van der Waals surface area contributed by atoms with Gasteiger partial charge in [-0.3, -0.25) is 4.79 Å². The fourth-order valence-corrected chi connectivity index (χ4v) is 2.83. The zero-order valence-corrected chi connectivity index (χ0v) is 14.5. The predicted octanol–water partition coefficient (Wildman–Crippen LogP) is 2.18. The number of methoxy groups -OCH3 is 1. The molecule has 2 rings (SSSR count). The van der Waals surface area contributed by atoms with Gasteiger partial charge in [0, 0.05) is 20.6 Å². The van der Waals surface area contributed by atoms with Gasteiger partial charge in [-0.2, -0.15) is 0 Å². The Kier molecular flexibility index (Phi) is 6.07. The molecule has 0 saturated heterocycles. The average molecular weight is 399 g/mol. The molecule has 8 heteroatoms. The Hall–Kier alpha value is -1.54. The van der Waals surface area contributed by atoms with Gasteiger partial charge in [-0.05, 0) is 29.7 Å². The third-order valence-corrected chi connectivity index (χ3v) is 4.31. The molecule has 0 heterocycles. The van der Waals surface area contributed by atoms with Gasteiger partial charge in [0.1, 0.15) is 12.9 Å². The van der Waals surface area contributed by atoms with Crippen LogP contribution in [0.25, 0.3) is 0 Å². The van der Waals surface area contributed by atoms with Gasteiger partial charge in [0.05, 0.1) is 7.11 Å². The molecule has 2 aromatic carbocycles. The van der Waals surface area contributed by atoms with Crippen LogP contribution in [0, 0.1) is 0 Å². The van der Waals surface area contributed by atoms with E-state index in [9.17, 15) is 14.8 Å². The molecule has 0 unspecified atom stereocenters. The number of carbonyl (C=O) groups excluding carboxylic acids is 1. The normalized spacial score (nSPS) is 10.3. The molecule has 23 heavy (non-hydrogen) atoms. The summed E-state index contributed by atoms with van der Waals surface area (Å²) in [6, 6.07) is 8.13. The SMILES string of the molecule is COc1cc(B(O)O)c(C=O)cc1OCc1c(Cl)cccc1Br. The van der Waals surface area contributed by atoms with Gasteiger partial charge in [-0.25, -0.2) is 0 Å². The number of hydrogen-bond donors (Lipinski definition) is 2. The summed E-state index contributed by atoms with van der Waals surface area (Å²) in [5, 5.41) is 19.1. The first-order valence-electron chi connectivity index (χ1n) is 6.56. The van der Waals surface area contributed by atoms with Crippen LogP contribution in [0.5, 0.6) is 11.5 Å². The molecule has 0 spiro atoms. The number of aldehydes is 1. The molecule has 0 bridgehead atoms. The van der Waals surface area contributed by atoms with Crippen LogP contribution in [0.3, 0.4) is 0 Å². The lowest BCUT2D eigenvalue weighted by Gasteiger charge is -2.15. The number of halogens is 2. The smallest absolute Gasteiger partial charge is 0.489 e. The molecule has 0 aliphatic heterocycles. The molecule has 5 nitrogen and oxygen atoms in total. The molecule has 0 saturated carbocycles. The summed E-state index contributed by atoms with van der Waals surface area (Å²) >= 11 is 9.53. The van der Waals surface area contributed by atoms with Crippen LogP contribution in [0.1, 0.15) is 15.9 Å². The highest BCUT2D eigenvalue weighted by molar-refractivity contribution is 9.10. The lowest BCUT2D eigenvalue weighted by molar-refractivity contribution is 0.112. The molecule has 0 atom stereocenters. The zero-order chi connectivity index (χ0) is 17.0. The first-order valence-corrected chi connectivity index (χ1v) is 7.74. The molecule has 0 aliphatic carbocycles. The minimum Gasteiger partial charge on any atom is -0.493 e. The topological polar surface area (TPSA) is 76.0 Å². The largest absolute Gasteiger partial charge is 0.493 e. The zero-order valence-electron chi connectivity index (χ0n) is 12.1. The van der Waals surface area contributed by atoms with Crippen molar-refractivity contribution in [2.75, 3.05) is 7.11 Å². The summed E-state index contributed by atoms with van der Waals surface area (Å²) in [6.07, 6.45) is 0.520. The standard InChI is InChI=1S/C15H13BBrClO5/c1-22-14-6-11(16(20)21)9(7-19)5-15(14)23-8-10-12(17)3-2-4-13(10)18/h2-7,20-21H,8H2,1H3. The molecule has 0 aliphatic rings. The first kappa shape index (κ1) is 17.8. The van der Waals surface area contributed by atoms with E-state index in [-0.39, 0.29) is 23.4 Å². The number of ether oxygens (including phenoxy) is 2. The first-order chi connectivity index (χ1) is 11.0. The number of hydrogen-bond acceptors (Lipinski definition) is 5. The van der Waals surface area contributed by atoms with Crippen LogP contribution in [-0.4, -0.2) is 30.6 Å². The van der Waals surface area contributed by atoms with Crippen molar-refractivity contribution >= 4 is 46.4 Å². The highest BCUT2D eigenvalue weighted by atomic mass is 79.9. The number of rotatable bonds is 6. The Morgan fingerprint density at radius 1 is 1.30 bits per heavy atom. The molecule has 120 valence electrons. The van der Waals surface area contributed by atoms with E-state index in [1.807, 2.05) is 6.07 Å². The molecular formula is C15H13BBrClO5. The third-order valence-electron chi connectivity index (χ3n) is 3.21. The van der Waals surface area contributed by atoms with Crippen LogP contribution in [0.15, 0.2) is 34.8 Å². The van der Waals surface area contributed by atoms with E-state index < -0.39 is 7.12 Å². The molecular weight excluding hydrogens is 386 g/mol. The average Bonchev–Trinajstić information content (AvgIpc) is 2.53. The van der Waals surface area contributed by atoms with E-state index >= 15 is 0 Å². The second kappa shape index (κ2) is 7.83. The summed E-state index contributed by atoms with van der Waals surface area (Å²) in [4.78, 5) is 11.1. The molecule has 2 N–H and O–H groups in total. The summed E-state index contributed by atoms with van der Waals surface area (Å²) in [5.41, 5.74) is 0.896. The Labute approximate surface area is 147 Å². The van der Waals surface area contributed by atoms with Crippen molar-refractivity contribution in [2.24, 2.45) is 0 Å². The van der Waals surface area contributed by atoms with Crippen LogP contribution in [0.4, 0.5) is 0 Å². The summed E-state index contributed by atoms with van der Waals surface area (Å²) in [7, 11) is -0.363. The Morgan fingerprint density at radius 3 is 2.61 bits per heavy atom. The van der Waals surface area contributed by atoms with Gasteiger partial charge < -0.3 is 19.5 Å². The lowest BCUT2D eigenvalue weighted by Crippen LogP contribution is -2.33. The van der Waals surface area contributed by atoms with E-state index in [0.717, 1.165) is 10.0 Å². The van der Waals surface area contributed by atoms with Gasteiger partial charge in [0.15, 0.2) is 11.5 Å². The Morgan fingerprint density at radius 2 is 2.04 bits per heavy atom. The molecule has 0 amide bonds. The molecule has 2 aromatic rings. The fraction of sp³-hybridized carbons (Fsp3) is 0.133. The third kappa shape index (κ3) is 4.06. The van der Waals surface area contributed by atoms with Crippen LogP contribution < -0.4 is 14.9 Å². The highest BCUT2D eigenvalue weighted by Gasteiger charge is 2.20. The van der Waals surface area contributed by atoms with Crippen molar-refractivity contribution in [2.45, 2.75) is 6.61 Å². The van der Waals surface area contributed by atoms with Gasteiger partial charge in [0.25, 0.3) is 0 Å². The predicted molar refractivity (Wildman–Crippen MR) is 91.7 cm³/mol. The minimum absolute atomic E-state index is 0.0446. The molecule has 0 aromatic heterocycles. The van der Waals surface area contributed by atoms with Crippen molar-refractivity contribution in [3.8, 4) is 11.5 Å². The molecule has 0 radical (unpaired) electrons. The van der Waals surface area contributed by atoms with Crippen molar-refractivity contribution < 1.29 is 24.3 Å². The van der Waals surface area contributed by atoms with E-state index in [4.69, 9.17) is 21.1 Å². The Balaban J connectivity index is 2.34. The van der Waals surface area contributed by atoms with Crippen LogP contribution in [0.2, 0.25) is 5.02 Å². The van der Waals surface area contributed by atoms with Crippen molar-refractivity contribution in [1.82, 2.24) is 0 Å². The van der Waals surface area contributed by atoms with E-state index in [0.29, 0.717) is 17.1 Å². The quantitative estimate of drug-likeness (QED) is 0.575. The summed E-state index contributed by atoms with van der Waals surface area (Å²) < 4.78 is 11.7. The number of carbonyl (C=O) groups is 1. The maximum atomic E-state index is 11.1. The van der Waals surface area contributed by atoms with Crippen molar-refractivity contribution in [3.63, 3.8) is 0 Å². The van der Waals surface area contributed by atoms with Crippen molar-refractivity contribution in [3.05, 3.63) is 51.0 Å². The lowest BCUT2D eigenvalue weighted by atomic mass is 9.77. The molecule has 0 fully saturated rings. The second-order valence-corrected chi connectivity index (χ2v) is 5.87. The maximum absolute atomic E-state index is 11.1. The second-order valence-electron chi connectivity index (χ2n) is 4.61. The van der Waals surface area contributed by atoms with Crippen LogP contribution >= 0.6 is 27.5 Å². The fourth-order valence-electron chi connectivity index (χ4n) is 2.01. The van der Waals surface area contributed by atoms with Gasteiger partial charge in [-0.1, -0.05) is 33.6 Å². The summed E-state index contributed by atoms with van der Waals surface area (Å²) in [6.45, 7) is 0.149.